The van der Waals surface area contributed by atoms with E-state index in [1.165, 1.54) is 30.2 Å². The van der Waals surface area contributed by atoms with Crippen LogP contribution in [0.25, 0.3) is 0 Å². The maximum atomic E-state index is 13.3. The fraction of sp³-hybridized carbons (Fsp3) is 0.300. The van der Waals surface area contributed by atoms with Crippen molar-refractivity contribution in [1.29, 1.82) is 0 Å². The third-order valence-corrected chi connectivity index (χ3v) is 2.15. The quantitative estimate of drug-likeness (QED) is 0.746. The van der Waals surface area contributed by atoms with Crippen LogP contribution in [0.4, 0.5) is 10.1 Å². The molecule has 5 heteroatoms. The van der Waals surface area contributed by atoms with Gasteiger partial charge in [-0.1, -0.05) is 11.6 Å². The summed E-state index contributed by atoms with van der Waals surface area (Å²) in [5.74, 6) is -0.859. The number of carbonyl (C=O) groups excluding carboxylic acids is 1. The van der Waals surface area contributed by atoms with Gasteiger partial charge < -0.3 is 9.64 Å². The van der Waals surface area contributed by atoms with E-state index in [0.29, 0.717) is 5.02 Å². The van der Waals surface area contributed by atoms with Crippen molar-refractivity contribution in [1.82, 2.24) is 0 Å². The number of likely N-dealkylation sites (N-methyl/N-ethyl adjacent to an activating group) is 1. The Hall–Kier alpha value is -1.29. The highest BCUT2D eigenvalue weighted by Crippen LogP contribution is 2.22. The van der Waals surface area contributed by atoms with Gasteiger partial charge in [-0.2, -0.15) is 0 Å². The molecule has 0 fully saturated rings. The molecule has 0 aliphatic heterocycles. The van der Waals surface area contributed by atoms with Gasteiger partial charge in [0.15, 0.2) is 0 Å². The molecule has 0 unspecified atom stereocenters. The third-order valence-electron chi connectivity index (χ3n) is 1.91. The number of halogens is 2. The molecule has 1 aromatic rings. The second-order valence-electron chi connectivity index (χ2n) is 3.03. The van der Waals surface area contributed by atoms with Crippen LogP contribution < -0.4 is 4.90 Å². The minimum Gasteiger partial charge on any atom is -0.468 e. The lowest BCUT2D eigenvalue weighted by Crippen LogP contribution is -2.27. The van der Waals surface area contributed by atoms with Crippen LogP contribution in [0, 0.1) is 5.82 Å². The van der Waals surface area contributed by atoms with Crippen LogP contribution in [-0.2, 0) is 9.53 Å². The average Bonchev–Trinajstić information content (AvgIpc) is 2.21. The molecular formula is C10H11ClFNO2. The van der Waals surface area contributed by atoms with Crippen LogP contribution in [0.5, 0.6) is 0 Å². The van der Waals surface area contributed by atoms with Crippen LogP contribution in [0.3, 0.4) is 0 Å². The number of hydrogen-bond acceptors (Lipinski definition) is 3. The van der Waals surface area contributed by atoms with Gasteiger partial charge in [0.1, 0.15) is 12.4 Å². The van der Waals surface area contributed by atoms with Gasteiger partial charge >= 0.3 is 5.97 Å². The molecule has 0 aromatic heterocycles. The number of nitrogens with zero attached hydrogens (tertiary/aromatic N) is 1. The van der Waals surface area contributed by atoms with Crippen molar-refractivity contribution in [2.45, 2.75) is 0 Å². The molecule has 0 heterocycles. The highest BCUT2D eigenvalue weighted by atomic mass is 35.5. The maximum Gasteiger partial charge on any atom is 0.325 e. The predicted octanol–water partition coefficient (Wildman–Crippen LogP) is 2.09. The molecule has 0 aliphatic rings. The summed E-state index contributed by atoms with van der Waals surface area (Å²) < 4.78 is 17.8. The minimum atomic E-state index is -0.433. The smallest absolute Gasteiger partial charge is 0.325 e. The van der Waals surface area contributed by atoms with E-state index in [1.807, 2.05) is 0 Å². The molecule has 82 valence electrons. The van der Waals surface area contributed by atoms with E-state index in [2.05, 4.69) is 4.74 Å². The molecule has 15 heavy (non-hydrogen) atoms. The molecule has 0 saturated heterocycles. The number of hydrogen-bond donors (Lipinski definition) is 0. The SMILES string of the molecule is COC(=O)CN(C)c1cc(Cl)ccc1F. The van der Waals surface area contributed by atoms with Gasteiger partial charge in [-0.3, -0.25) is 4.79 Å². The number of carbonyl (C=O) groups is 1. The van der Waals surface area contributed by atoms with E-state index in [1.54, 1.807) is 7.05 Å². The molecule has 1 aromatic carbocycles. The van der Waals surface area contributed by atoms with E-state index in [9.17, 15) is 9.18 Å². The Bertz CT molecular complexity index is 370. The van der Waals surface area contributed by atoms with Crippen molar-refractivity contribution in [2.75, 3.05) is 25.6 Å². The molecule has 0 radical (unpaired) electrons. The number of esters is 1. The Morgan fingerprint density at radius 1 is 1.60 bits per heavy atom. The van der Waals surface area contributed by atoms with E-state index in [4.69, 9.17) is 11.6 Å². The lowest BCUT2D eigenvalue weighted by atomic mass is 10.3. The molecular weight excluding hydrogens is 221 g/mol. The van der Waals surface area contributed by atoms with Crippen molar-refractivity contribution < 1.29 is 13.9 Å². The Kier molecular flexibility index (Phi) is 3.91. The topological polar surface area (TPSA) is 29.5 Å². The van der Waals surface area contributed by atoms with E-state index < -0.39 is 11.8 Å². The molecule has 0 atom stereocenters. The lowest BCUT2D eigenvalue weighted by molar-refractivity contribution is -0.138. The summed E-state index contributed by atoms with van der Waals surface area (Å²) in [5.41, 5.74) is 0.271. The van der Waals surface area contributed by atoms with Crippen molar-refractivity contribution in [3.05, 3.63) is 29.0 Å². The average molecular weight is 232 g/mol. The summed E-state index contributed by atoms with van der Waals surface area (Å²) in [6.07, 6.45) is 0. The Morgan fingerprint density at radius 3 is 2.87 bits per heavy atom. The molecule has 0 spiro atoms. The Labute approximate surface area is 92.4 Å². The summed E-state index contributed by atoms with van der Waals surface area (Å²) in [5, 5.41) is 0.420. The number of methoxy groups -OCH3 is 1. The zero-order valence-corrected chi connectivity index (χ0v) is 9.21. The monoisotopic (exact) mass is 231 g/mol. The summed E-state index contributed by atoms with van der Waals surface area (Å²) in [4.78, 5) is 12.4. The summed E-state index contributed by atoms with van der Waals surface area (Å²) in [6.45, 7) is -0.0201. The zero-order chi connectivity index (χ0) is 11.4. The summed E-state index contributed by atoms with van der Waals surface area (Å²) in [6, 6.07) is 4.16. The summed E-state index contributed by atoms with van der Waals surface area (Å²) >= 11 is 5.72. The highest BCUT2D eigenvalue weighted by Gasteiger charge is 2.11. The second kappa shape index (κ2) is 4.98. The van der Waals surface area contributed by atoms with E-state index in [0.717, 1.165) is 0 Å². The third kappa shape index (κ3) is 3.09. The van der Waals surface area contributed by atoms with Gasteiger partial charge in [0.2, 0.25) is 0 Å². The first-order valence-corrected chi connectivity index (χ1v) is 4.65. The van der Waals surface area contributed by atoms with Gasteiger partial charge in [-0.05, 0) is 18.2 Å². The van der Waals surface area contributed by atoms with Crippen LogP contribution in [0.15, 0.2) is 18.2 Å². The van der Waals surface area contributed by atoms with Gasteiger partial charge in [-0.25, -0.2) is 4.39 Å². The van der Waals surface area contributed by atoms with Gasteiger partial charge in [-0.15, -0.1) is 0 Å². The number of ether oxygens (including phenoxy) is 1. The minimum absolute atomic E-state index is 0.0201. The Balaban J connectivity index is 2.85. The van der Waals surface area contributed by atoms with Crippen molar-refractivity contribution in [2.24, 2.45) is 0 Å². The van der Waals surface area contributed by atoms with E-state index in [-0.39, 0.29) is 12.2 Å². The van der Waals surface area contributed by atoms with Crippen LogP contribution in [0.1, 0.15) is 0 Å². The molecule has 0 amide bonds. The van der Waals surface area contributed by atoms with Gasteiger partial charge in [0.05, 0.1) is 12.8 Å². The van der Waals surface area contributed by atoms with Gasteiger partial charge in [0.25, 0.3) is 0 Å². The molecule has 0 N–H and O–H groups in total. The van der Waals surface area contributed by atoms with E-state index >= 15 is 0 Å². The number of anilines is 1. The Morgan fingerprint density at radius 2 is 2.27 bits per heavy atom. The molecule has 0 aliphatic carbocycles. The summed E-state index contributed by atoms with van der Waals surface area (Å²) in [7, 11) is 2.87. The standard InChI is InChI=1S/C10H11ClFNO2/c1-13(6-10(14)15-2)9-5-7(11)3-4-8(9)12/h3-5H,6H2,1-2H3. The fourth-order valence-electron chi connectivity index (χ4n) is 1.12. The number of benzene rings is 1. The van der Waals surface area contributed by atoms with Crippen molar-refractivity contribution >= 4 is 23.3 Å². The fourth-order valence-corrected chi connectivity index (χ4v) is 1.29. The van der Waals surface area contributed by atoms with Crippen LogP contribution in [0.2, 0.25) is 5.02 Å². The van der Waals surface area contributed by atoms with Crippen LogP contribution >= 0.6 is 11.6 Å². The first kappa shape index (κ1) is 11.8. The first-order valence-electron chi connectivity index (χ1n) is 4.27. The maximum absolute atomic E-state index is 13.3. The van der Waals surface area contributed by atoms with Crippen molar-refractivity contribution in [3.8, 4) is 0 Å². The van der Waals surface area contributed by atoms with Crippen molar-refractivity contribution in [3.63, 3.8) is 0 Å². The molecule has 1 rings (SSSR count). The number of rotatable bonds is 3. The lowest BCUT2D eigenvalue weighted by Gasteiger charge is -2.18. The molecule has 0 bridgehead atoms. The predicted molar refractivity (Wildman–Crippen MR) is 56.7 cm³/mol. The highest BCUT2D eigenvalue weighted by molar-refractivity contribution is 6.30. The van der Waals surface area contributed by atoms with Crippen LogP contribution in [-0.4, -0.2) is 26.7 Å². The largest absolute Gasteiger partial charge is 0.468 e. The normalized spacial score (nSPS) is 9.87. The molecule has 3 nitrogen and oxygen atoms in total. The molecule has 0 saturated carbocycles. The first-order chi connectivity index (χ1) is 7.04. The zero-order valence-electron chi connectivity index (χ0n) is 8.46. The second-order valence-corrected chi connectivity index (χ2v) is 3.46. The van der Waals surface area contributed by atoms with Gasteiger partial charge in [0, 0.05) is 12.1 Å².